The molecule has 142 valence electrons. The lowest BCUT2D eigenvalue weighted by atomic mass is 10.0. The van der Waals surface area contributed by atoms with Crippen molar-refractivity contribution in [3.05, 3.63) is 78.4 Å². The fraction of sp³-hybridized carbons (Fsp3) is 0.273. The summed E-state index contributed by atoms with van der Waals surface area (Å²) in [6, 6.07) is 15.9. The SMILES string of the molecule is O=C(NC1CCN(Cc2ccccn2)CC1)c1cnc(-c2ccccc2)nc1. The molecule has 0 saturated carbocycles. The fourth-order valence-electron chi connectivity index (χ4n) is 3.41. The fourth-order valence-corrected chi connectivity index (χ4v) is 3.41. The predicted octanol–water partition coefficient (Wildman–Crippen LogP) is 2.93. The van der Waals surface area contributed by atoms with Crippen molar-refractivity contribution >= 4 is 5.91 Å². The third-order valence-corrected chi connectivity index (χ3v) is 4.98. The highest BCUT2D eigenvalue weighted by Crippen LogP contribution is 2.15. The molecule has 6 heteroatoms. The summed E-state index contributed by atoms with van der Waals surface area (Å²) in [7, 11) is 0. The summed E-state index contributed by atoms with van der Waals surface area (Å²) in [5, 5.41) is 3.12. The van der Waals surface area contributed by atoms with E-state index in [-0.39, 0.29) is 11.9 Å². The summed E-state index contributed by atoms with van der Waals surface area (Å²) < 4.78 is 0. The van der Waals surface area contributed by atoms with Crippen molar-refractivity contribution in [1.82, 2.24) is 25.2 Å². The van der Waals surface area contributed by atoms with E-state index in [1.165, 1.54) is 0 Å². The van der Waals surface area contributed by atoms with Gasteiger partial charge < -0.3 is 5.32 Å². The zero-order chi connectivity index (χ0) is 19.2. The summed E-state index contributed by atoms with van der Waals surface area (Å²) in [4.78, 5) is 27.9. The third-order valence-electron chi connectivity index (χ3n) is 4.98. The quantitative estimate of drug-likeness (QED) is 0.745. The van der Waals surface area contributed by atoms with Crippen LogP contribution in [0.2, 0.25) is 0 Å². The van der Waals surface area contributed by atoms with E-state index < -0.39 is 0 Å². The Bertz CT molecular complexity index is 891. The van der Waals surface area contributed by atoms with Crippen LogP contribution >= 0.6 is 0 Å². The van der Waals surface area contributed by atoms with Gasteiger partial charge in [-0.05, 0) is 25.0 Å². The zero-order valence-corrected chi connectivity index (χ0v) is 15.7. The molecule has 1 saturated heterocycles. The molecule has 1 aliphatic heterocycles. The Morgan fingerprint density at radius 2 is 1.68 bits per heavy atom. The summed E-state index contributed by atoms with van der Waals surface area (Å²) in [6.45, 7) is 2.76. The van der Waals surface area contributed by atoms with Crippen molar-refractivity contribution in [1.29, 1.82) is 0 Å². The van der Waals surface area contributed by atoms with Gasteiger partial charge in [-0.3, -0.25) is 14.7 Å². The third kappa shape index (κ3) is 4.58. The first-order chi connectivity index (χ1) is 13.8. The maximum absolute atomic E-state index is 12.5. The number of carbonyl (C=O) groups is 1. The standard InChI is InChI=1S/C22H23N5O/c28-22(18-14-24-21(25-15-18)17-6-2-1-3-7-17)26-19-9-12-27(13-10-19)16-20-8-4-5-11-23-20/h1-8,11,14-15,19H,9-10,12-13,16H2,(H,26,28). The molecule has 28 heavy (non-hydrogen) atoms. The van der Waals surface area contributed by atoms with Crippen molar-refractivity contribution in [3.63, 3.8) is 0 Å². The highest BCUT2D eigenvalue weighted by Gasteiger charge is 2.21. The maximum Gasteiger partial charge on any atom is 0.254 e. The molecule has 0 atom stereocenters. The number of hydrogen-bond donors (Lipinski definition) is 1. The van der Waals surface area contributed by atoms with Gasteiger partial charge in [0.15, 0.2) is 5.82 Å². The van der Waals surface area contributed by atoms with E-state index in [4.69, 9.17) is 0 Å². The van der Waals surface area contributed by atoms with E-state index in [0.29, 0.717) is 11.4 Å². The maximum atomic E-state index is 12.5. The molecule has 1 aromatic carbocycles. The van der Waals surface area contributed by atoms with E-state index in [9.17, 15) is 4.79 Å². The molecule has 3 aromatic rings. The lowest BCUT2D eigenvalue weighted by Gasteiger charge is -2.32. The smallest absolute Gasteiger partial charge is 0.254 e. The van der Waals surface area contributed by atoms with Gasteiger partial charge in [0.1, 0.15) is 0 Å². The lowest BCUT2D eigenvalue weighted by molar-refractivity contribution is 0.0908. The Kier molecular flexibility index (Phi) is 5.68. The monoisotopic (exact) mass is 373 g/mol. The normalized spacial score (nSPS) is 15.3. The number of piperidine rings is 1. The molecule has 2 aromatic heterocycles. The Labute approximate surface area is 164 Å². The van der Waals surface area contributed by atoms with Crippen LogP contribution in [0.5, 0.6) is 0 Å². The zero-order valence-electron chi connectivity index (χ0n) is 15.7. The van der Waals surface area contributed by atoms with E-state index in [0.717, 1.165) is 43.7 Å². The molecule has 1 aliphatic rings. The molecule has 6 nitrogen and oxygen atoms in total. The second-order valence-corrected chi connectivity index (χ2v) is 7.01. The number of nitrogens with zero attached hydrogens (tertiary/aromatic N) is 4. The molecule has 1 fully saturated rings. The van der Waals surface area contributed by atoms with Crippen LogP contribution < -0.4 is 5.32 Å². The number of carbonyl (C=O) groups excluding carboxylic acids is 1. The van der Waals surface area contributed by atoms with Crippen LogP contribution in [-0.2, 0) is 6.54 Å². The topological polar surface area (TPSA) is 71.0 Å². The molecule has 0 bridgehead atoms. The van der Waals surface area contributed by atoms with Crippen molar-refractivity contribution < 1.29 is 4.79 Å². The molecular weight excluding hydrogens is 350 g/mol. The number of benzene rings is 1. The Morgan fingerprint density at radius 3 is 2.36 bits per heavy atom. The second kappa shape index (κ2) is 8.71. The van der Waals surface area contributed by atoms with Crippen molar-refractivity contribution in [2.45, 2.75) is 25.4 Å². The molecule has 0 radical (unpaired) electrons. The Morgan fingerprint density at radius 1 is 0.964 bits per heavy atom. The first kappa shape index (κ1) is 18.3. The lowest BCUT2D eigenvalue weighted by Crippen LogP contribution is -2.44. The largest absolute Gasteiger partial charge is 0.349 e. The van der Waals surface area contributed by atoms with Gasteiger partial charge >= 0.3 is 0 Å². The van der Waals surface area contributed by atoms with Crippen LogP contribution in [-0.4, -0.2) is 44.9 Å². The molecule has 1 N–H and O–H groups in total. The van der Waals surface area contributed by atoms with Crippen molar-refractivity contribution in [2.75, 3.05) is 13.1 Å². The van der Waals surface area contributed by atoms with Gasteiger partial charge in [0.05, 0.1) is 11.3 Å². The van der Waals surface area contributed by atoms with Gasteiger partial charge in [0.2, 0.25) is 0 Å². The number of hydrogen-bond acceptors (Lipinski definition) is 5. The molecule has 0 spiro atoms. The van der Waals surface area contributed by atoms with Crippen molar-refractivity contribution in [2.24, 2.45) is 0 Å². The highest BCUT2D eigenvalue weighted by molar-refractivity contribution is 5.93. The van der Waals surface area contributed by atoms with Gasteiger partial charge in [0, 0.05) is 49.8 Å². The molecular formula is C22H23N5O. The van der Waals surface area contributed by atoms with E-state index in [1.54, 1.807) is 12.4 Å². The van der Waals surface area contributed by atoms with E-state index in [2.05, 4.69) is 25.2 Å². The van der Waals surface area contributed by atoms with Gasteiger partial charge in [0.25, 0.3) is 5.91 Å². The number of nitrogens with one attached hydrogen (secondary N) is 1. The first-order valence-electron chi connectivity index (χ1n) is 9.58. The van der Waals surface area contributed by atoms with Crippen LogP contribution in [0.4, 0.5) is 0 Å². The summed E-state index contributed by atoms with van der Waals surface area (Å²) in [6.07, 6.45) is 6.89. The minimum Gasteiger partial charge on any atom is -0.349 e. The van der Waals surface area contributed by atoms with Crippen LogP contribution in [0.25, 0.3) is 11.4 Å². The van der Waals surface area contributed by atoms with Gasteiger partial charge in [-0.25, -0.2) is 9.97 Å². The van der Waals surface area contributed by atoms with Gasteiger partial charge in [-0.1, -0.05) is 36.4 Å². The Hall–Kier alpha value is -3.12. The molecule has 3 heterocycles. The minimum absolute atomic E-state index is 0.109. The summed E-state index contributed by atoms with van der Waals surface area (Å²) >= 11 is 0. The second-order valence-electron chi connectivity index (χ2n) is 7.01. The van der Waals surface area contributed by atoms with Gasteiger partial charge in [-0.2, -0.15) is 0 Å². The van der Waals surface area contributed by atoms with E-state index >= 15 is 0 Å². The van der Waals surface area contributed by atoms with E-state index in [1.807, 2.05) is 54.7 Å². The van der Waals surface area contributed by atoms with Crippen LogP contribution in [0.3, 0.4) is 0 Å². The number of pyridine rings is 1. The Balaban J connectivity index is 1.29. The predicted molar refractivity (Wildman–Crippen MR) is 107 cm³/mol. The average Bonchev–Trinajstić information content (AvgIpc) is 2.76. The average molecular weight is 373 g/mol. The van der Waals surface area contributed by atoms with Crippen LogP contribution in [0.1, 0.15) is 28.9 Å². The minimum atomic E-state index is -0.109. The number of likely N-dealkylation sites (tertiary alicyclic amines) is 1. The highest BCUT2D eigenvalue weighted by atomic mass is 16.1. The molecule has 0 aliphatic carbocycles. The number of aromatic nitrogens is 3. The number of amides is 1. The molecule has 1 amide bonds. The molecule has 4 rings (SSSR count). The van der Waals surface area contributed by atoms with Gasteiger partial charge in [-0.15, -0.1) is 0 Å². The summed E-state index contributed by atoms with van der Waals surface area (Å²) in [5.74, 6) is 0.516. The summed E-state index contributed by atoms with van der Waals surface area (Å²) in [5.41, 5.74) is 2.52. The molecule has 0 unspecified atom stereocenters. The first-order valence-corrected chi connectivity index (χ1v) is 9.58. The number of rotatable bonds is 5. The van der Waals surface area contributed by atoms with Crippen molar-refractivity contribution in [3.8, 4) is 11.4 Å². The van der Waals surface area contributed by atoms with Crippen LogP contribution in [0, 0.1) is 0 Å². The van der Waals surface area contributed by atoms with Crippen LogP contribution in [0.15, 0.2) is 67.1 Å².